The molecule has 1 aliphatic heterocycles. The van der Waals surface area contributed by atoms with E-state index in [1.165, 1.54) is 24.9 Å². The van der Waals surface area contributed by atoms with E-state index in [4.69, 9.17) is 10.5 Å². The summed E-state index contributed by atoms with van der Waals surface area (Å²) in [5.41, 5.74) is 9.21. The molecule has 0 atom stereocenters. The van der Waals surface area contributed by atoms with Crippen molar-refractivity contribution in [2.24, 2.45) is 10.7 Å². The normalized spacial score (nSPS) is 16.1. The molecule has 8 heteroatoms. The fourth-order valence-corrected chi connectivity index (χ4v) is 4.09. The maximum absolute atomic E-state index is 12.5. The van der Waals surface area contributed by atoms with E-state index >= 15 is 0 Å². The Kier molecular flexibility index (Phi) is 5.78. The maximum Gasteiger partial charge on any atom is 0.341 e. The molecular weight excluding hydrogens is 408 g/mol. The van der Waals surface area contributed by atoms with Gasteiger partial charge in [0.1, 0.15) is 11.3 Å². The highest BCUT2D eigenvalue weighted by molar-refractivity contribution is 6.11. The Balaban J connectivity index is 1.87. The van der Waals surface area contributed by atoms with Crippen LogP contribution in [0, 0.1) is 0 Å². The molecule has 1 saturated carbocycles. The number of carboxylic acid groups (broad SMARTS) is 1. The molecule has 168 valence electrons. The second-order valence-electron chi connectivity index (χ2n) is 8.47. The van der Waals surface area contributed by atoms with Crippen LogP contribution in [-0.4, -0.2) is 41.2 Å². The second kappa shape index (κ2) is 8.53. The van der Waals surface area contributed by atoms with Gasteiger partial charge in [-0.15, -0.1) is 0 Å². The Labute approximate surface area is 186 Å². The van der Waals surface area contributed by atoms with Gasteiger partial charge in [0.15, 0.2) is 5.43 Å². The summed E-state index contributed by atoms with van der Waals surface area (Å²) in [5.74, 6) is -0.629. The predicted octanol–water partition coefficient (Wildman–Crippen LogP) is 3.01. The van der Waals surface area contributed by atoms with Crippen LogP contribution < -0.4 is 20.9 Å². The number of ether oxygens (including phenoxy) is 1. The molecule has 1 fully saturated rings. The minimum atomic E-state index is -1.24. The Hall–Kier alpha value is -3.55. The average Bonchev–Trinajstić information content (AvgIpc) is 2.73. The third kappa shape index (κ3) is 3.77. The number of methoxy groups -OCH3 is 1. The summed E-state index contributed by atoms with van der Waals surface area (Å²) >= 11 is 0. The molecule has 0 unspecified atom stereocenters. The number of carbonyl (C=O) groups is 1. The summed E-state index contributed by atoms with van der Waals surface area (Å²) < 4.78 is 7.43. The average molecular weight is 437 g/mol. The zero-order valence-electron chi connectivity index (χ0n) is 18.5. The SMILES string of the molecule is COc1cc2c(cc1C(C=NC1CCC1)=CN)CN(C(C)C)n1cc(C(=O)O)c(=O)cc1-2. The van der Waals surface area contributed by atoms with Crippen LogP contribution in [0.2, 0.25) is 0 Å². The molecule has 2 aliphatic rings. The molecular formula is C24H28N4O4. The monoisotopic (exact) mass is 436 g/mol. The second-order valence-corrected chi connectivity index (χ2v) is 8.47. The van der Waals surface area contributed by atoms with Gasteiger partial charge < -0.3 is 20.6 Å². The molecule has 32 heavy (non-hydrogen) atoms. The highest BCUT2D eigenvalue weighted by atomic mass is 16.5. The van der Waals surface area contributed by atoms with Crippen molar-refractivity contribution < 1.29 is 14.6 Å². The molecule has 0 saturated heterocycles. The van der Waals surface area contributed by atoms with E-state index in [9.17, 15) is 14.7 Å². The van der Waals surface area contributed by atoms with E-state index in [-0.39, 0.29) is 11.6 Å². The first-order valence-corrected chi connectivity index (χ1v) is 10.8. The Bertz CT molecular complexity index is 1180. The number of pyridine rings is 1. The molecule has 2 aromatic rings. The molecule has 2 heterocycles. The van der Waals surface area contributed by atoms with E-state index in [1.807, 2.05) is 37.2 Å². The Morgan fingerprint density at radius 2 is 2.03 bits per heavy atom. The number of hydrogen-bond donors (Lipinski definition) is 2. The number of aromatic nitrogens is 1. The molecule has 1 aliphatic carbocycles. The number of allylic oxidation sites excluding steroid dienone is 1. The summed E-state index contributed by atoms with van der Waals surface area (Å²) in [6.07, 6.45) is 8.16. The van der Waals surface area contributed by atoms with Crippen molar-refractivity contribution in [3.05, 3.63) is 57.5 Å². The maximum atomic E-state index is 12.5. The number of benzene rings is 1. The van der Waals surface area contributed by atoms with Crippen molar-refractivity contribution in [2.75, 3.05) is 12.1 Å². The summed E-state index contributed by atoms with van der Waals surface area (Å²) in [5, 5.41) is 11.4. The van der Waals surface area contributed by atoms with Gasteiger partial charge in [-0.1, -0.05) is 0 Å². The first-order valence-electron chi connectivity index (χ1n) is 10.8. The van der Waals surface area contributed by atoms with E-state index < -0.39 is 11.4 Å². The van der Waals surface area contributed by atoms with Crippen molar-refractivity contribution in [2.45, 2.75) is 51.7 Å². The Morgan fingerprint density at radius 3 is 2.59 bits per heavy atom. The third-order valence-corrected chi connectivity index (χ3v) is 6.16. The molecule has 0 amide bonds. The fourth-order valence-electron chi connectivity index (χ4n) is 4.09. The fraction of sp³-hybridized carbons (Fsp3) is 0.375. The smallest absolute Gasteiger partial charge is 0.341 e. The summed E-state index contributed by atoms with van der Waals surface area (Å²) in [4.78, 5) is 28.7. The molecule has 1 aromatic heterocycles. The lowest BCUT2D eigenvalue weighted by Gasteiger charge is -2.38. The van der Waals surface area contributed by atoms with Gasteiger partial charge in [0.2, 0.25) is 0 Å². The standard InChI is InChI=1S/C24H28N4O4/c1-14(2)27-12-15-7-19(16(10-25)11-26-17-5-4-6-17)23(32-3)8-18(15)21-9-22(29)20(24(30)31)13-28(21)27/h7-11,13-14,17H,4-6,12,25H2,1-3H3,(H,30,31). The van der Waals surface area contributed by atoms with Crippen molar-refractivity contribution in [1.82, 2.24) is 4.68 Å². The number of rotatable bonds is 6. The van der Waals surface area contributed by atoms with E-state index in [0.29, 0.717) is 24.0 Å². The number of nitrogens with two attached hydrogens (primary N) is 1. The summed E-state index contributed by atoms with van der Waals surface area (Å²) in [6, 6.07) is 5.71. The van der Waals surface area contributed by atoms with Crippen LogP contribution in [0.4, 0.5) is 0 Å². The van der Waals surface area contributed by atoms with E-state index in [2.05, 4.69) is 4.99 Å². The number of nitrogens with zero attached hydrogens (tertiary/aromatic N) is 3. The van der Waals surface area contributed by atoms with Crippen molar-refractivity contribution in [3.63, 3.8) is 0 Å². The van der Waals surface area contributed by atoms with Crippen LogP contribution in [-0.2, 0) is 6.54 Å². The van der Waals surface area contributed by atoms with Crippen LogP contribution in [0.25, 0.3) is 16.8 Å². The van der Waals surface area contributed by atoms with E-state index in [1.54, 1.807) is 11.8 Å². The van der Waals surface area contributed by atoms with Gasteiger partial charge in [0.05, 0.1) is 19.3 Å². The third-order valence-electron chi connectivity index (χ3n) is 6.16. The quantitative estimate of drug-likeness (QED) is 0.674. The lowest BCUT2D eigenvalue weighted by Crippen LogP contribution is -2.44. The topological polar surface area (TPSA) is 110 Å². The highest BCUT2D eigenvalue weighted by Gasteiger charge is 2.27. The number of hydrogen-bond acceptors (Lipinski definition) is 6. The molecule has 1 aromatic carbocycles. The number of fused-ring (bicyclic) bond motifs is 3. The van der Waals surface area contributed by atoms with Crippen molar-refractivity contribution in [1.29, 1.82) is 0 Å². The minimum Gasteiger partial charge on any atom is -0.496 e. The number of aromatic carboxylic acids is 1. The molecule has 0 radical (unpaired) electrons. The number of aliphatic imine (C=N–C) groups is 1. The van der Waals surface area contributed by atoms with E-state index in [0.717, 1.165) is 35.1 Å². The number of carboxylic acids is 1. The molecule has 0 spiro atoms. The van der Waals surface area contributed by atoms with Gasteiger partial charge in [-0.3, -0.25) is 14.5 Å². The largest absolute Gasteiger partial charge is 0.496 e. The minimum absolute atomic E-state index is 0.0706. The van der Waals surface area contributed by atoms with Gasteiger partial charge in [-0.25, -0.2) is 4.79 Å². The van der Waals surface area contributed by atoms with Crippen LogP contribution in [0.15, 0.2) is 40.4 Å². The molecule has 8 nitrogen and oxygen atoms in total. The summed E-state index contributed by atoms with van der Waals surface area (Å²) in [7, 11) is 1.59. The lowest BCUT2D eigenvalue weighted by molar-refractivity contribution is 0.0694. The highest BCUT2D eigenvalue weighted by Crippen LogP contribution is 2.37. The first kappa shape index (κ1) is 21.7. The van der Waals surface area contributed by atoms with Crippen LogP contribution in [0.3, 0.4) is 0 Å². The molecule has 0 bridgehead atoms. The lowest BCUT2D eigenvalue weighted by atomic mass is 9.93. The zero-order valence-corrected chi connectivity index (χ0v) is 18.5. The van der Waals surface area contributed by atoms with Gasteiger partial charge in [-0.05, 0) is 50.8 Å². The Morgan fingerprint density at radius 1 is 1.28 bits per heavy atom. The van der Waals surface area contributed by atoms with Gasteiger partial charge in [0.25, 0.3) is 0 Å². The van der Waals surface area contributed by atoms with Crippen LogP contribution >= 0.6 is 0 Å². The zero-order chi connectivity index (χ0) is 23.0. The van der Waals surface area contributed by atoms with Crippen LogP contribution in [0.5, 0.6) is 5.75 Å². The summed E-state index contributed by atoms with van der Waals surface area (Å²) in [6.45, 7) is 4.58. The van der Waals surface area contributed by atoms with Gasteiger partial charge in [0, 0.05) is 53.5 Å². The first-order chi connectivity index (χ1) is 15.3. The molecule has 3 N–H and O–H groups in total. The van der Waals surface area contributed by atoms with Crippen molar-refractivity contribution in [3.8, 4) is 17.0 Å². The molecule has 4 rings (SSSR count). The van der Waals surface area contributed by atoms with Crippen molar-refractivity contribution >= 4 is 17.8 Å². The van der Waals surface area contributed by atoms with Gasteiger partial charge in [-0.2, -0.15) is 0 Å². The van der Waals surface area contributed by atoms with Crippen LogP contribution in [0.1, 0.15) is 54.6 Å². The van der Waals surface area contributed by atoms with Gasteiger partial charge >= 0.3 is 5.97 Å². The predicted molar refractivity (Wildman–Crippen MR) is 125 cm³/mol.